The van der Waals surface area contributed by atoms with Crippen molar-refractivity contribution in [3.05, 3.63) is 22.8 Å². The van der Waals surface area contributed by atoms with Gasteiger partial charge in [0.15, 0.2) is 0 Å². The Kier molecular flexibility index (Phi) is 5.20. The van der Waals surface area contributed by atoms with Crippen molar-refractivity contribution in [3.8, 4) is 0 Å². The first kappa shape index (κ1) is 15.1. The monoisotopic (exact) mass is 297 g/mol. The van der Waals surface area contributed by atoms with E-state index in [0.717, 1.165) is 25.8 Å². The van der Waals surface area contributed by atoms with E-state index in [4.69, 9.17) is 16.3 Å². The van der Waals surface area contributed by atoms with Gasteiger partial charge in [-0.1, -0.05) is 11.6 Å². The van der Waals surface area contributed by atoms with E-state index in [9.17, 15) is 4.79 Å². The zero-order chi connectivity index (χ0) is 14.5. The van der Waals surface area contributed by atoms with Crippen molar-refractivity contribution in [2.24, 2.45) is 0 Å². The molecule has 0 spiro atoms. The summed E-state index contributed by atoms with van der Waals surface area (Å²) in [6, 6.07) is 1.84. The number of rotatable bonds is 5. The van der Waals surface area contributed by atoms with E-state index in [2.05, 4.69) is 15.6 Å². The van der Waals surface area contributed by atoms with Crippen LogP contribution in [0.4, 0.5) is 5.82 Å². The third-order valence-corrected chi connectivity index (χ3v) is 3.81. The maximum atomic E-state index is 12.3. The Morgan fingerprint density at radius 1 is 1.55 bits per heavy atom. The number of methoxy groups -OCH3 is 1. The van der Waals surface area contributed by atoms with Gasteiger partial charge in [-0.05, 0) is 32.3 Å². The van der Waals surface area contributed by atoms with Gasteiger partial charge in [0, 0.05) is 25.9 Å². The quantitative estimate of drug-likeness (QED) is 0.876. The number of carbonyl (C=O) groups is 1. The van der Waals surface area contributed by atoms with Crippen molar-refractivity contribution in [2.75, 3.05) is 19.0 Å². The largest absolute Gasteiger partial charge is 0.381 e. The summed E-state index contributed by atoms with van der Waals surface area (Å²) in [6.45, 7) is 2.72. The van der Waals surface area contributed by atoms with Crippen molar-refractivity contribution in [2.45, 2.75) is 38.3 Å². The Morgan fingerprint density at radius 2 is 2.35 bits per heavy atom. The standard InChI is InChI=1S/C14H20ClN3O2/c1-3-16-13-7-11(12(15)8-17-13)14(19)18-9-4-5-10(6-9)20-2/h7-10H,3-6H2,1-2H3,(H,16,17)(H,18,19). The van der Waals surface area contributed by atoms with Crippen LogP contribution in [0.5, 0.6) is 0 Å². The molecule has 110 valence electrons. The van der Waals surface area contributed by atoms with Crippen molar-refractivity contribution in [3.63, 3.8) is 0 Å². The molecule has 1 amide bonds. The molecule has 1 heterocycles. The van der Waals surface area contributed by atoms with Crippen LogP contribution in [0.15, 0.2) is 12.3 Å². The normalized spacial score (nSPS) is 21.8. The van der Waals surface area contributed by atoms with Crippen molar-refractivity contribution in [1.82, 2.24) is 10.3 Å². The van der Waals surface area contributed by atoms with Gasteiger partial charge in [0.25, 0.3) is 5.91 Å². The van der Waals surface area contributed by atoms with Gasteiger partial charge in [-0.3, -0.25) is 4.79 Å². The maximum absolute atomic E-state index is 12.3. The van der Waals surface area contributed by atoms with Crippen LogP contribution in [0.25, 0.3) is 0 Å². The molecule has 0 aromatic carbocycles. The van der Waals surface area contributed by atoms with Crippen molar-refractivity contribution >= 4 is 23.3 Å². The van der Waals surface area contributed by atoms with Gasteiger partial charge >= 0.3 is 0 Å². The van der Waals surface area contributed by atoms with Crippen LogP contribution in [0.2, 0.25) is 5.02 Å². The first-order valence-electron chi connectivity index (χ1n) is 6.87. The Balaban J connectivity index is 2.03. The highest BCUT2D eigenvalue weighted by Gasteiger charge is 2.26. The smallest absolute Gasteiger partial charge is 0.253 e. The molecule has 0 saturated heterocycles. The fraction of sp³-hybridized carbons (Fsp3) is 0.571. The Hall–Kier alpha value is -1.33. The van der Waals surface area contributed by atoms with Gasteiger partial charge in [0.1, 0.15) is 5.82 Å². The molecule has 2 N–H and O–H groups in total. The molecule has 0 aliphatic heterocycles. The summed E-state index contributed by atoms with van der Waals surface area (Å²) in [5.74, 6) is 0.501. The van der Waals surface area contributed by atoms with E-state index in [0.29, 0.717) is 16.4 Å². The second kappa shape index (κ2) is 6.90. The van der Waals surface area contributed by atoms with Crippen LogP contribution in [-0.4, -0.2) is 36.7 Å². The number of nitrogens with one attached hydrogen (secondary N) is 2. The van der Waals surface area contributed by atoms with Crippen LogP contribution in [0, 0.1) is 0 Å². The van der Waals surface area contributed by atoms with Crippen LogP contribution < -0.4 is 10.6 Å². The van der Waals surface area contributed by atoms with Gasteiger partial charge in [-0.15, -0.1) is 0 Å². The molecule has 5 nitrogen and oxygen atoms in total. The van der Waals surface area contributed by atoms with Gasteiger partial charge in [-0.25, -0.2) is 4.98 Å². The second-order valence-corrected chi connectivity index (χ2v) is 5.33. The number of anilines is 1. The van der Waals surface area contributed by atoms with Gasteiger partial charge in [0.05, 0.1) is 16.7 Å². The summed E-state index contributed by atoms with van der Waals surface area (Å²) in [5, 5.41) is 6.45. The lowest BCUT2D eigenvalue weighted by atomic mass is 10.2. The lowest BCUT2D eigenvalue weighted by Crippen LogP contribution is -2.33. The van der Waals surface area contributed by atoms with Gasteiger partial charge < -0.3 is 15.4 Å². The lowest BCUT2D eigenvalue weighted by molar-refractivity contribution is 0.0915. The van der Waals surface area contributed by atoms with E-state index in [1.807, 2.05) is 6.92 Å². The number of carbonyl (C=O) groups excluding carboxylic acids is 1. The summed E-state index contributed by atoms with van der Waals surface area (Å²) < 4.78 is 5.31. The van der Waals surface area contributed by atoms with E-state index in [1.165, 1.54) is 6.20 Å². The Bertz CT molecular complexity index is 481. The highest BCUT2D eigenvalue weighted by atomic mass is 35.5. The van der Waals surface area contributed by atoms with Crippen LogP contribution in [-0.2, 0) is 4.74 Å². The van der Waals surface area contributed by atoms with Gasteiger partial charge in [0.2, 0.25) is 0 Å². The van der Waals surface area contributed by atoms with E-state index in [1.54, 1.807) is 13.2 Å². The predicted molar refractivity (Wildman–Crippen MR) is 79.3 cm³/mol. The Morgan fingerprint density at radius 3 is 3.00 bits per heavy atom. The molecule has 1 aromatic heterocycles. The highest BCUT2D eigenvalue weighted by molar-refractivity contribution is 6.33. The minimum absolute atomic E-state index is 0.152. The molecule has 20 heavy (non-hydrogen) atoms. The fourth-order valence-corrected chi connectivity index (χ4v) is 2.63. The average Bonchev–Trinajstić information content (AvgIpc) is 2.88. The molecule has 1 aromatic rings. The molecule has 1 fully saturated rings. The zero-order valence-corrected chi connectivity index (χ0v) is 12.5. The molecule has 2 unspecified atom stereocenters. The molecule has 2 atom stereocenters. The lowest BCUT2D eigenvalue weighted by Gasteiger charge is -2.14. The van der Waals surface area contributed by atoms with Crippen molar-refractivity contribution < 1.29 is 9.53 Å². The zero-order valence-electron chi connectivity index (χ0n) is 11.8. The minimum Gasteiger partial charge on any atom is -0.381 e. The first-order valence-corrected chi connectivity index (χ1v) is 7.25. The summed E-state index contributed by atoms with van der Waals surface area (Å²) in [4.78, 5) is 16.4. The SMILES string of the molecule is CCNc1cc(C(=O)NC2CCC(OC)C2)c(Cl)cn1. The molecule has 6 heteroatoms. The summed E-state index contributed by atoms with van der Waals surface area (Å²) in [5.41, 5.74) is 0.457. The average molecular weight is 298 g/mol. The third-order valence-electron chi connectivity index (χ3n) is 3.51. The number of amides is 1. The van der Waals surface area contributed by atoms with Gasteiger partial charge in [-0.2, -0.15) is 0 Å². The molecule has 1 saturated carbocycles. The Labute approximate surface area is 124 Å². The highest BCUT2D eigenvalue weighted by Crippen LogP contribution is 2.23. The number of ether oxygens (including phenoxy) is 1. The number of pyridine rings is 1. The molecule has 1 aliphatic carbocycles. The van der Waals surface area contributed by atoms with Crippen LogP contribution >= 0.6 is 11.6 Å². The third kappa shape index (κ3) is 3.61. The predicted octanol–water partition coefficient (Wildman–Crippen LogP) is 2.46. The molecular formula is C14H20ClN3O2. The summed E-state index contributed by atoms with van der Waals surface area (Å²) >= 11 is 6.06. The van der Waals surface area contributed by atoms with Crippen LogP contribution in [0.3, 0.4) is 0 Å². The minimum atomic E-state index is -0.154. The number of nitrogens with zero attached hydrogens (tertiary/aromatic N) is 1. The molecular weight excluding hydrogens is 278 g/mol. The maximum Gasteiger partial charge on any atom is 0.253 e. The topological polar surface area (TPSA) is 63.2 Å². The van der Waals surface area contributed by atoms with E-state index in [-0.39, 0.29) is 18.1 Å². The van der Waals surface area contributed by atoms with E-state index >= 15 is 0 Å². The summed E-state index contributed by atoms with van der Waals surface area (Å²) in [7, 11) is 1.71. The number of hydrogen-bond acceptors (Lipinski definition) is 4. The molecule has 0 bridgehead atoms. The molecule has 0 radical (unpaired) electrons. The number of aromatic nitrogens is 1. The molecule has 2 rings (SSSR count). The van der Waals surface area contributed by atoms with E-state index < -0.39 is 0 Å². The first-order chi connectivity index (χ1) is 9.63. The van der Waals surface area contributed by atoms with Crippen molar-refractivity contribution in [1.29, 1.82) is 0 Å². The van der Waals surface area contributed by atoms with Crippen LogP contribution in [0.1, 0.15) is 36.5 Å². The summed E-state index contributed by atoms with van der Waals surface area (Å²) in [6.07, 6.45) is 4.51. The number of hydrogen-bond donors (Lipinski definition) is 2. The second-order valence-electron chi connectivity index (χ2n) is 4.92. The fourth-order valence-electron chi connectivity index (χ4n) is 2.44. The molecule has 1 aliphatic rings. The number of halogens is 1.